The van der Waals surface area contributed by atoms with Gasteiger partial charge in [0.1, 0.15) is 12.2 Å². The van der Waals surface area contributed by atoms with Crippen molar-refractivity contribution in [2.24, 2.45) is 23.7 Å². The Morgan fingerprint density at radius 3 is 2.17 bits per heavy atom. The predicted octanol–water partition coefficient (Wildman–Crippen LogP) is 3.36. The number of rotatable bonds is 8. The SMILES string of the molecule is CC[C@H]1OC(=O)[C@H](C)[C@@H](O[C@H]2C[C@@](C)(OC)[C@@H](O)[C@H](C)O2)[C@H](C)[C@@H](O[C@@H]2O[C@H](C)C[C@H](N(C)C)[C@H]2OC(C)=O)C(C)(O)C[C@@H](C)N(C)C[C@H](C)[C@@H](O)[C@H]1C. The molecule has 0 aromatic heterocycles. The van der Waals surface area contributed by atoms with Gasteiger partial charge in [-0.15, -0.1) is 0 Å². The molecule has 3 saturated heterocycles. The number of likely N-dealkylation sites (N-methyl/N-ethyl adjacent to an activating group) is 1. The van der Waals surface area contributed by atoms with Gasteiger partial charge in [-0.2, -0.15) is 0 Å². The predicted molar refractivity (Wildman–Crippen MR) is 202 cm³/mol. The van der Waals surface area contributed by atoms with E-state index < -0.39 is 90.3 Å². The monoisotopic (exact) mass is 775 g/mol. The second kappa shape index (κ2) is 19.3. The minimum absolute atomic E-state index is 0.157. The molecule has 0 aliphatic carbocycles. The van der Waals surface area contributed by atoms with Gasteiger partial charge in [0.05, 0.1) is 53.7 Å². The number of carbonyl (C=O) groups excluding carboxylic acids is 2. The van der Waals surface area contributed by atoms with Crippen molar-refractivity contribution in [3.63, 3.8) is 0 Å². The van der Waals surface area contributed by atoms with Crippen LogP contribution in [0.3, 0.4) is 0 Å². The largest absolute Gasteiger partial charge is 0.462 e. The van der Waals surface area contributed by atoms with E-state index >= 15 is 0 Å². The Balaban J connectivity index is 2.21. The minimum Gasteiger partial charge on any atom is -0.462 e. The smallest absolute Gasteiger partial charge is 0.311 e. The van der Waals surface area contributed by atoms with E-state index in [1.807, 2.05) is 67.6 Å². The fourth-order valence-electron chi connectivity index (χ4n) is 8.88. The molecule has 3 aliphatic rings. The summed E-state index contributed by atoms with van der Waals surface area (Å²) in [6, 6.07) is -0.422. The molecule has 54 heavy (non-hydrogen) atoms. The van der Waals surface area contributed by atoms with Crippen LogP contribution in [0.15, 0.2) is 0 Å². The lowest BCUT2D eigenvalue weighted by molar-refractivity contribution is -0.318. The van der Waals surface area contributed by atoms with Crippen LogP contribution in [0.4, 0.5) is 0 Å². The topological polar surface area (TPSA) is 166 Å². The van der Waals surface area contributed by atoms with Crippen molar-refractivity contribution in [2.45, 2.75) is 187 Å². The molecule has 14 nitrogen and oxygen atoms in total. The van der Waals surface area contributed by atoms with Crippen LogP contribution in [0, 0.1) is 23.7 Å². The molecule has 3 fully saturated rings. The highest BCUT2D eigenvalue weighted by molar-refractivity contribution is 5.73. The third kappa shape index (κ3) is 11.1. The second-order valence-electron chi connectivity index (χ2n) is 17.5. The maximum Gasteiger partial charge on any atom is 0.311 e. The Kier molecular flexibility index (Phi) is 16.8. The molecule has 0 amide bonds. The minimum atomic E-state index is -1.56. The molecule has 3 aliphatic heterocycles. The first-order valence-corrected chi connectivity index (χ1v) is 20.0. The average molecular weight is 775 g/mol. The number of cyclic esters (lactones) is 1. The molecule has 3 heterocycles. The lowest BCUT2D eigenvalue weighted by Crippen LogP contribution is -2.61. The molecule has 3 N–H and O–H groups in total. The highest BCUT2D eigenvalue weighted by Gasteiger charge is 2.52. The number of aliphatic hydroxyl groups excluding tert-OH is 2. The summed E-state index contributed by atoms with van der Waals surface area (Å²) in [4.78, 5) is 30.8. The molecule has 0 bridgehead atoms. The Morgan fingerprint density at radius 1 is 0.981 bits per heavy atom. The van der Waals surface area contributed by atoms with Crippen molar-refractivity contribution in [1.82, 2.24) is 9.80 Å². The maximum atomic E-state index is 14.3. The summed E-state index contributed by atoms with van der Waals surface area (Å²) in [7, 11) is 7.31. The molecule has 0 saturated carbocycles. The van der Waals surface area contributed by atoms with E-state index in [1.54, 1.807) is 27.7 Å². The summed E-state index contributed by atoms with van der Waals surface area (Å²) in [5.41, 5.74) is -2.56. The van der Waals surface area contributed by atoms with Crippen molar-refractivity contribution >= 4 is 11.9 Å². The maximum absolute atomic E-state index is 14.3. The van der Waals surface area contributed by atoms with E-state index in [2.05, 4.69) is 4.90 Å². The van der Waals surface area contributed by atoms with Gasteiger partial charge in [-0.1, -0.05) is 27.7 Å². The molecule has 18 atom stereocenters. The normalized spacial score (nSPS) is 46.7. The van der Waals surface area contributed by atoms with Crippen molar-refractivity contribution in [1.29, 1.82) is 0 Å². The fraction of sp³-hybridized carbons (Fsp3) is 0.950. The molecular weight excluding hydrogens is 700 g/mol. The van der Waals surface area contributed by atoms with Crippen LogP contribution < -0.4 is 0 Å². The zero-order chi connectivity index (χ0) is 41.0. The van der Waals surface area contributed by atoms with Gasteiger partial charge in [0, 0.05) is 44.9 Å². The van der Waals surface area contributed by atoms with Gasteiger partial charge < -0.3 is 58.3 Å². The van der Waals surface area contributed by atoms with Crippen LogP contribution >= 0.6 is 0 Å². The molecule has 3 rings (SSSR count). The first-order valence-electron chi connectivity index (χ1n) is 20.0. The standard InChI is InChI=1S/C40H74N2O12/c1-16-30-24(5)32(44)21(2)20-42(14)22(3)18-39(10,47)36(54-38-34(51-28(9)43)29(41(12)13)17-23(4)49-38)25(6)33(26(7)37(46)52-30)53-31-19-40(11,48-15)35(45)27(8)50-31/h21-27,29-36,38,44-45,47H,16-20H2,1-15H3/t21-,22+,23+,24-,25-,26+,27-,29-,30+,31-,32+,33-,34+,35-,36+,38-,39?,40+/m0/s1. The molecular formula is C40H74N2O12. The molecule has 14 heteroatoms. The Morgan fingerprint density at radius 2 is 1.61 bits per heavy atom. The highest BCUT2D eigenvalue weighted by Crippen LogP contribution is 2.40. The number of nitrogens with zero attached hydrogens (tertiary/aromatic N) is 2. The van der Waals surface area contributed by atoms with Gasteiger partial charge in [-0.25, -0.2) is 0 Å². The summed E-state index contributed by atoms with van der Waals surface area (Å²) < 4.78 is 44.1. The number of ether oxygens (including phenoxy) is 7. The van der Waals surface area contributed by atoms with E-state index in [-0.39, 0.29) is 42.9 Å². The van der Waals surface area contributed by atoms with Crippen LogP contribution in [-0.4, -0.2) is 157 Å². The van der Waals surface area contributed by atoms with Crippen molar-refractivity contribution in [3.05, 3.63) is 0 Å². The average Bonchev–Trinajstić information content (AvgIpc) is 3.09. The van der Waals surface area contributed by atoms with Crippen LogP contribution in [0.1, 0.15) is 102 Å². The van der Waals surface area contributed by atoms with E-state index in [0.29, 0.717) is 19.4 Å². The molecule has 316 valence electrons. The summed E-state index contributed by atoms with van der Waals surface area (Å²) in [6.45, 7) is 20.4. The van der Waals surface area contributed by atoms with Gasteiger partial charge >= 0.3 is 11.9 Å². The zero-order valence-electron chi connectivity index (χ0n) is 35.7. The van der Waals surface area contributed by atoms with E-state index in [1.165, 1.54) is 14.0 Å². The van der Waals surface area contributed by atoms with Crippen molar-refractivity contribution < 1.29 is 58.1 Å². The van der Waals surface area contributed by atoms with Gasteiger partial charge in [-0.05, 0) is 87.9 Å². The van der Waals surface area contributed by atoms with Gasteiger partial charge in [0.2, 0.25) is 0 Å². The number of aliphatic hydroxyl groups is 3. The third-order valence-corrected chi connectivity index (χ3v) is 12.5. The lowest BCUT2D eigenvalue weighted by atomic mass is 9.78. The Labute approximate surface area is 324 Å². The molecule has 0 aromatic carbocycles. The van der Waals surface area contributed by atoms with Crippen LogP contribution in [0.5, 0.6) is 0 Å². The third-order valence-electron chi connectivity index (χ3n) is 12.5. The fourth-order valence-corrected chi connectivity index (χ4v) is 8.88. The van der Waals surface area contributed by atoms with E-state index in [4.69, 9.17) is 33.2 Å². The molecule has 0 radical (unpaired) electrons. The first-order chi connectivity index (χ1) is 25.0. The molecule has 0 aromatic rings. The summed E-state index contributed by atoms with van der Waals surface area (Å²) in [6.07, 6.45) is -6.51. The van der Waals surface area contributed by atoms with E-state index in [0.717, 1.165) is 0 Å². The Hall–Kier alpha value is -1.46. The molecule has 0 spiro atoms. The second-order valence-corrected chi connectivity index (χ2v) is 17.5. The van der Waals surface area contributed by atoms with Gasteiger partial charge in [0.25, 0.3) is 0 Å². The van der Waals surface area contributed by atoms with Gasteiger partial charge in [-0.3, -0.25) is 9.59 Å². The Bertz CT molecular complexity index is 1210. The number of methoxy groups -OCH3 is 1. The number of esters is 2. The summed E-state index contributed by atoms with van der Waals surface area (Å²) >= 11 is 0. The van der Waals surface area contributed by atoms with Crippen LogP contribution in [0.25, 0.3) is 0 Å². The highest BCUT2D eigenvalue weighted by atomic mass is 16.7. The van der Waals surface area contributed by atoms with Crippen LogP contribution in [0.2, 0.25) is 0 Å². The summed E-state index contributed by atoms with van der Waals surface area (Å²) in [5, 5.41) is 35.1. The van der Waals surface area contributed by atoms with Crippen molar-refractivity contribution in [3.8, 4) is 0 Å². The summed E-state index contributed by atoms with van der Waals surface area (Å²) in [5.74, 6) is -3.18. The lowest BCUT2D eigenvalue weighted by Gasteiger charge is -2.49. The van der Waals surface area contributed by atoms with E-state index in [9.17, 15) is 24.9 Å². The molecule has 1 unspecified atom stereocenters. The number of carbonyl (C=O) groups is 2. The number of hydrogen-bond donors (Lipinski definition) is 3. The quantitative estimate of drug-likeness (QED) is 0.308. The van der Waals surface area contributed by atoms with Crippen LogP contribution in [-0.2, 0) is 42.7 Å². The van der Waals surface area contributed by atoms with Crippen molar-refractivity contribution in [2.75, 3.05) is 34.8 Å². The van der Waals surface area contributed by atoms with Gasteiger partial charge in [0.15, 0.2) is 18.7 Å². The zero-order valence-corrected chi connectivity index (χ0v) is 35.7. The number of hydrogen-bond acceptors (Lipinski definition) is 14. The first kappa shape index (κ1) is 46.9.